The molecule has 0 aliphatic rings. The SMILES string of the molecule is CCc1nc(C(=O)O)c(O)c(CO)c1S(=O)(=O)c1ccccc1. The van der Waals surface area contributed by atoms with Crippen LogP contribution in [0.25, 0.3) is 0 Å². The van der Waals surface area contributed by atoms with Gasteiger partial charge in [-0.3, -0.25) is 0 Å². The Morgan fingerprint density at radius 1 is 1.22 bits per heavy atom. The van der Waals surface area contributed by atoms with Gasteiger partial charge >= 0.3 is 5.97 Å². The van der Waals surface area contributed by atoms with Crippen LogP contribution in [0.5, 0.6) is 5.75 Å². The van der Waals surface area contributed by atoms with Crippen LogP contribution in [0, 0.1) is 0 Å². The number of aliphatic hydroxyl groups excluding tert-OH is 1. The molecule has 1 aromatic heterocycles. The van der Waals surface area contributed by atoms with E-state index >= 15 is 0 Å². The van der Waals surface area contributed by atoms with Gasteiger partial charge in [0.2, 0.25) is 9.84 Å². The van der Waals surface area contributed by atoms with E-state index in [2.05, 4.69) is 4.98 Å². The number of aliphatic hydroxyl groups is 1. The predicted molar refractivity (Wildman–Crippen MR) is 80.1 cm³/mol. The first kappa shape index (κ1) is 16.9. The number of nitrogens with zero attached hydrogens (tertiary/aromatic N) is 1. The molecule has 0 radical (unpaired) electrons. The van der Waals surface area contributed by atoms with Gasteiger partial charge in [-0.2, -0.15) is 0 Å². The fraction of sp³-hybridized carbons (Fsp3) is 0.200. The molecule has 0 saturated carbocycles. The van der Waals surface area contributed by atoms with Crippen LogP contribution in [0.2, 0.25) is 0 Å². The lowest BCUT2D eigenvalue weighted by atomic mass is 10.1. The second-order valence-corrected chi connectivity index (χ2v) is 6.58. The third-order valence-electron chi connectivity index (χ3n) is 3.31. The summed E-state index contributed by atoms with van der Waals surface area (Å²) in [6.07, 6.45) is 0.120. The summed E-state index contributed by atoms with van der Waals surface area (Å²) in [6, 6.07) is 7.47. The van der Waals surface area contributed by atoms with Crippen LogP contribution >= 0.6 is 0 Å². The lowest BCUT2D eigenvalue weighted by Gasteiger charge is -2.15. The van der Waals surface area contributed by atoms with Gasteiger partial charge in [0.05, 0.1) is 17.2 Å². The van der Waals surface area contributed by atoms with Crippen LogP contribution in [0.3, 0.4) is 0 Å². The van der Waals surface area contributed by atoms with Crippen molar-refractivity contribution in [3.05, 3.63) is 47.3 Å². The number of aryl methyl sites for hydroxylation is 1. The van der Waals surface area contributed by atoms with Crippen LogP contribution in [-0.2, 0) is 22.9 Å². The largest absolute Gasteiger partial charge is 0.505 e. The normalized spacial score (nSPS) is 11.4. The Kier molecular flexibility index (Phi) is 4.67. The molecule has 1 heterocycles. The lowest BCUT2D eigenvalue weighted by molar-refractivity contribution is 0.0685. The average molecular weight is 337 g/mol. The minimum atomic E-state index is -4.06. The summed E-state index contributed by atoms with van der Waals surface area (Å²) in [5.74, 6) is -2.35. The Balaban J connectivity index is 2.86. The highest BCUT2D eigenvalue weighted by molar-refractivity contribution is 7.91. The van der Waals surface area contributed by atoms with E-state index in [1.807, 2.05) is 0 Å². The zero-order valence-corrected chi connectivity index (χ0v) is 13.0. The van der Waals surface area contributed by atoms with E-state index in [4.69, 9.17) is 5.11 Å². The van der Waals surface area contributed by atoms with Gasteiger partial charge in [-0.15, -0.1) is 0 Å². The highest BCUT2D eigenvalue weighted by Gasteiger charge is 2.30. The van der Waals surface area contributed by atoms with Gasteiger partial charge in [-0.1, -0.05) is 25.1 Å². The van der Waals surface area contributed by atoms with Crippen LogP contribution in [0.4, 0.5) is 0 Å². The van der Waals surface area contributed by atoms with Crippen molar-refractivity contribution >= 4 is 15.8 Å². The smallest absolute Gasteiger partial charge is 0.358 e. The molecular formula is C15H15NO6S. The molecule has 0 atom stereocenters. The van der Waals surface area contributed by atoms with E-state index in [9.17, 15) is 23.4 Å². The van der Waals surface area contributed by atoms with Crippen molar-refractivity contribution in [2.24, 2.45) is 0 Å². The second kappa shape index (κ2) is 6.35. The van der Waals surface area contributed by atoms with Crippen molar-refractivity contribution in [1.29, 1.82) is 0 Å². The lowest BCUT2D eigenvalue weighted by Crippen LogP contribution is -2.15. The first-order valence-electron chi connectivity index (χ1n) is 6.73. The molecule has 2 rings (SSSR count). The zero-order chi connectivity index (χ0) is 17.2. The van der Waals surface area contributed by atoms with Gasteiger partial charge < -0.3 is 15.3 Å². The van der Waals surface area contributed by atoms with Crippen LogP contribution < -0.4 is 0 Å². The number of hydrogen-bond acceptors (Lipinski definition) is 6. The molecule has 3 N–H and O–H groups in total. The molecule has 8 heteroatoms. The van der Waals surface area contributed by atoms with Gasteiger partial charge in [0.25, 0.3) is 0 Å². The number of aromatic nitrogens is 1. The van der Waals surface area contributed by atoms with E-state index in [0.29, 0.717) is 0 Å². The first-order chi connectivity index (χ1) is 10.8. The zero-order valence-electron chi connectivity index (χ0n) is 12.2. The van der Waals surface area contributed by atoms with Gasteiger partial charge in [0, 0.05) is 5.56 Å². The number of carboxylic acid groups (broad SMARTS) is 1. The highest BCUT2D eigenvalue weighted by atomic mass is 32.2. The molecule has 23 heavy (non-hydrogen) atoms. The molecule has 0 amide bonds. The summed E-state index contributed by atoms with van der Waals surface area (Å²) in [6.45, 7) is 0.777. The van der Waals surface area contributed by atoms with Crippen LogP contribution in [-0.4, -0.2) is 34.7 Å². The van der Waals surface area contributed by atoms with E-state index in [0.717, 1.165) is 0 Å². The Morgan fingerprint density at radius 3 is 2.30 bits per heavy atom. The number of carbonyl (C=O) groups is 1. The van der Waals surface area contributed by atoms with Crippen LogP contribution in [0.1, 0.15) is 28.7 Å². The molecule has 7 nitrogen and oxygen atoms in total. The number of hydrogen-bond donors (Lipinski definition) is 3. The number of benzene rings is 1. The highest BCUT2D eigenvalue weighted by Crippen LogP contribution is 2.34. The minimum absolute atomic E-state index is 0.0203. The van der Waals surface area contributed by atoms with E-state index in [1.54, 1.807) is 13.0 Å². The third-order valence-corrected chi connectivity index (χ3v) is 5.22. The van der Waals surface area contributed by atoms with Crippen molar-refractivity contribution < 1.29 is 28.5 Å². The molecule has 0 spiro atoms. The molecule has 0 saturated heterocycles. The summed E-state index contributed by atoms with van der Waals surface area (Å²) < 4.78 is 25.6. The molecular weight excluding hydrogens is 322 g/mol. The Morgan fingerprint density at radius 2 is 1.83 bits per heavy atom. The maximum atomic E-state index is 12.8. The molecule has 0 aliphatic heterocycles. The van der Waals surface area contributed by atoms with Crippen LogP contribution in [0.15, 0.2) is 40.1 Å². The van der Waals surface area contributed by atoms with Gasteiger partial charge in [-0.25, -0.2) is 18.2 Å². The standard InChI is InChI=1S/C15H15NO6S/c1-2-11-14(23(21,22)9-6-4-3-5-7-9)10(8-17)13(18)12(16-11)15(19)20/h3-7,17-18H,2,8H2,1H3,(H,19,20). The summed E-state index contributed by atoms with van der Waals surface area (Å²) in [4.78, 5) is 14.5. The number of sulfone groups is 1. The molecule has 0 fully saturated rings. The summed E-state index contributed by atoms with van der Waals surface area (Å²) >= 11 is 0. The third kappa shape index (κ3) is 2.90. The number of pyridine rings is 1. The Labute approximate surface area is 132 Å². The summed E-state index contributed by atoms with van der Waals surface area (Å²) in [5, 5.41) is 28.6. The number of aromatic carboxylic acids is 1. The van der Waals surface area contributed by atoms with E-state index < -0.39 is 33.9 Å². The predicted octanol–water partition coefficient (Wildman–Crippen LogP) is 1.37. The van der Waals surface area contributed by atoms with Gasteiger partial charge in [0.15, 0.2) is 11.4 Å². The van der Waals surface area contributed by atoms with Crippen molar-refractivity contribution in [3.63, 3.8) is 0 Å². The molecule has 0 aliphatic carbocycles. The topological polar surface area (TPSA) is 125 Å². The number of rotatable bonds is 5. The monoisotopic (exact) mass is 337 g/mol. The van der Waals surface area contributed by atoms with Gasteiger partial charge in [0.1, 0.15) is 4.90 Å². The molecule has 0 unspecified atom stereocenters. The average Bonchev–Trinajstić information content (AvgIpc) is 2.54. The number of aromatic hydroxyl groups is 1. The summed E-state index contributed by atoms with van der Waals surface area (Å²) in [7, 11) is -4.06. The fourth-order valence-corrected chi connectivity index (χ4v) is 3.97. The maximum absolute atomic E-state index is 12.8. The molecule has 1 aromatic carbocycles. The van der Waals surface area contributed by atoms with Crippen molar-refractivity contribution in [2.45, 2.75) is 29.7 Å². The Bertz CT molecular complexity index is 846. The number of carboxylic acids is 1. The first-order valence-corrected chi connectivity index (χ1v) is 8.21. The molecule has 122 valence electrons. The van der Waals surface area contributed by atoms with Crippen molar-refractivity contribution in [2.75, 3.05) is 0 Å². The van der Waals surface area contributed by atoms with Gasteiger partial charge in [-0.05, 0) is 18.6 Å². The van der Waals surface area contributed by atoms with E-state index in [-0.39, 0.29) is 27.5 Å². The summed E-state index contributed by atoms with van der Waals surface area (Å²) in [5.41, 5.74) is -1.07. The maximum Gasteiger partial charge on any atom is 0.358 e. The Hall–Kier alpha value is -2.45. The van der Waals surface area contributed by atoms with E-state index in [1.165, 1.54) is 24.3 Å². The quantitative estimate of drug-likeness (QED) is 0.752. The molecule has 2 aromatic rings. The van der Waals surface area contributed by atoms with Crippen molar-refractivity contribution in [3.8, 4) is 5.75 Å². The fourth-order valence-electron chi connectivity index (χ4n) is 2.23. The van der Waals surface area contributed by atoms with Crippen molar-refractivity contribution in [1.82, 2.24) is 4.98 Å². The second-order valence-electron chi connectivity index (χ2n) is 4.70. The molecule has 0 bridgehead atoms. The minimum Gasteiger partial charge on any atom is -0.505 e.